The van der Waals surface area contributed by atoms with Crippen LogP contribution in [0.3, 0.4) is 0 Å². The number of rotatable bonds is 20. The van der Waals surface area contributed by atoms with Gasteiger partial charge in [-0.15, -0.1) is 0 Å². The molecule has 0 fully saturated rings. The van der Waals surface area contributed by atoms with Crippen molar-refractivity contribution in [2.45, 2.75) is 109 Å². The normalized spacial score (nSPS) is 12.4. The van der Waals surface area contributed by atoms with Crippen molar-refractivity contribution >= 4 is 24.7 Å². The second-order valence-electron chi connectivity index (χ2n) is 11.8. The number of esters is 1. The molecule has 0 atom stereocenters. The van der Waals surface area contributed by atoms with Crippen LogP contribution in [0.1, 0.15) is 104 Å². The predicted molar refractivity (Wildman–Crippen MR) is 174 cm³/mol. The lowest BCUT2D eigenvalue weighted by Gasteiger charge is -2.43. The smallest absolute Gasteiger partial charge is 0.305 e. The number of allylic oxidation sites excluding steroid dienone is 4. The minimum atomic E-state index is -2.40. The lowest BCUT2D eigenvalue weighted by molar-refractivity contribution is -0.140. The van der Waals surface area contributed by atoms with Crippen LogP contribution < -0.4 is 10.4 Å². The Kier molecular flexibility index (Phi) is 16.6. The monoisotopic (exact) mass is 562 g/mol. The van der Waals surface area contributed by atoms with Crippen LogP contribution in [0.15, 0.2) is 85.0 Å². The van der Waals surface area contributed by atoms with Crippen molar-refractivity contribution in [1.29, 1.82) is 0 Å². The molecule has 0 saturated heterocycles. The third-order valence-electron chi connectivity index (χ3n) is 7.55. The van der Waals surface area contributed by atoms with Crippen LogP contribution in [0.2, 0.25) is 5.04 Å². The fourth-order valence-corrected chi connectivity index (χ4v) is 9.95. The first-order chi connectivity index (χ1) is 19.4. The first kappa shape index (κ1) is 33.8. The van der Waals surface area contributed by atoms with Crippen LogP contribution >= 0.6 is 0 Å². The van der Waals surface area contributed by atoms with E-state index in [9.17, 15) is 4.79 Å². The molecule has 2 rings (SSSR count). The molecule has 40 heavy (non-hydrogen) atoms. The first-order valence-electron chi connectivity index (χ1n) is 15.5. The third kappa shape index (κ3) is 12.0. The Hall–Kier alpha value is -2.43. The highest BCUT2D eigenvalue weighted by atomic mass is 28.4. The summed E-state index contributed by atoms with van der Waals surface area (Å²) in [6, 6.07) is 21.9. The second-order valence-corrected chi connectivity index (χ2v) is 16.1. The van der Waals surface area contributed by atoms with E-state index < -0.39 is 8.32 Å². The molecule has 4 heteroatoms. The van der Waals surface area contributed by atoms with E-state index in [2.05, 4.69) is 110 Å². The molecule has 0 heterocycles. The molecular formula is C36H54O3Si. The molecule has 0 radical (unpaired) electrons. The minimum Gasteiger partial charge on any atom is -0.469 e. The average molecular weight is 563 g/mol. The molecule has 0 amide bonds. The number of unbranched alkanes of at least 4 members (excludes halogenated alkanes) is 9. The van der Waals surface area contributed by atoms with E-state index in [0.717, 1.165) is 38.7 Å². The molecule has 0 aromatic heterocycles. The van der Waals surface area contributed by atoms with Gasteiger partial charge in [-0.05, 0) is 73.2 Å². The van der Waals surface area contributed by atoms with Crippen molar-refractivity contribution in [2.75, 3.05) is 13.7 Å². The number of carbonyl (C=O) groups is 1. The van der Waals surface area contributed by atoms with Gasteiger partial charge in [-0.25, -0.2) is 0 Å². The Balaban J connectivity index is 1.60. The standard InChI is InChI=1S/C36H54O3Si/c1-36(2,3)40(33-27-21-19-22-28-33,34-29-23-20-24-30-34)39-32-26-18-16-14-12-10-8-6-5-7-9-11-13-15-17-25-31-35(37)38-4/h12-15,19-24,27-30H,5-11,16-18,25-26,31-32H2,1-4H3/b14-12-,15-13-. The maximum absolute atomic E-state index is 11.1. The van der Waals surface area contributed by atoms with Crippen LogP contribution in [-0.4, -0.2) is 28.0 Å². The fourth-order valence-electron chi connectivity index (χ4n) is 5.34. The summed E-state index contributed by atoms with van der Waals surface area (Å²) in [5.41, 5.74) is 0. The summed E-state index contributed by atoms with van der Waals surface area (Å²) in [6.07, 6.45) is 23.8. The Bertz CT molecular complexity index is 937. The summed E-state index contributed by atoms with van der Waals surface area (Å²) < 4.78 is 11.7. The van der Waals surface area contributed by atoms with E-state index in [0.29, 0.717) is 6.42 Å². The van der Waals surface area contributed by atoms with E-state index in [1.165, 1.54) is 62.4 Å². The molecule has 0 aliphatic rings. The van der Waals surface area contributed by atoms with Crippen molar-refractivity contribution in [3.8, 4) is 0 Å². The van der Waals surface area contributed by atoms with Crippen molar-refractivity contribution < 1.29 is 14.0 Å². The summed E-state index contributed by atoms with van der Waals surface area (Å²) >= 11 is 0. The quantitative estimate of drug-likeness (QED) is 0.0699. The Morgan fingerprint density at radius 1 is 0.650 bits per heavy atom. The largest absolute Gasteiger partial charge is 0.469 e. The van der Waals surface area contributed by atoms with E-state index in [1.807, 2.05) is 0 Å². The van der Waals surface area contributed by atoms with Crippen molar-refractivity contribution in [1.82, 2.24) is 0 Å². The molecule has 220 valence electrons. The predicted octanol–water partition coefficient (Wildman–Crippen LogP) is 8.92. The SMILES string of the molecule is COC(=O)CCC/C=C\CCCCCCC/C=C\CCCCO[Si](c1ccccc1)(c1ccccc1)C(C)(C)C. The average Bonchev–Trinajstić information content (AvgIpc) is 2.96. The lowest BCUT2D eigenvalue weighted by atomic mass is 10.1. The summed E-state index contributed by atoms with van der Waals surface area (Å²) in [4.78, 5) is 11.1. The van der Waals surface area contributed by atoms with Gasteiger partial charge >= 0.3 is 5.97 Å². The van der Waals surface area contributed by atoms with Crippen molar-refractivity contribution in [2.24, 2.45) is 0 Å². The Morgan fingerprint density at radius 2 is 1.07 bits per heavy atom. The highest BCUT2D eigenvalue weighted by molar-refractivity contribution is 6.99. The van der Waals surface area contributed by atoms with Gasteiger partial charge in [0, 0.05) is 13.0 Å². The summed E-state index contributed by atoms with van der Waals surface area (Å²) in [6.45, 7) is 7.84. The van der Waals surface area contributed by atoms with Gasteiger partial charge < -0.3 is 9.16 Å². The minimum absolute atomic E-state index is 0.0408. The Labute approximate surface area is 246 Å². The molecule has 3 nitrogen and oxygen atoms in total. The molecule has 0 aliphatic heterocycles. The zero-order valence-corrected chi connectivity index (χ0v) is 26.7. The molecule has 2 aromatic carbocycles. The molecule has 0 aliphatic carbocycles. The molecule has 0 N–H and O–H groups in total. The first-order valence-corrected chi connectivity index (χ1v) is 17.4. The number of hydrogen-bond acceptors (Lipinski definition) is 3. The van der Waals surface area contributed by atoms with Gasteiger partial charge in [0.15, 0.2) is 0 Å². The molecule has 0 saturated carbocycles. The van der Waals surface area contributed by atoms with Gasteiger partial charge in [-0.2, -0.15) is 0 Å². The van der Waals surface area contributed by atoms with Crippen LogP contribution in [0.25, 0.3) is 0 Å². The third-order valence-corrected chi connectivity index (χ3v) is 12.6. The number of methoxy groups -OCH3 is 1. The van der Waals surface area contributed by atoms with Gasteiger partial charge in [0.05, 0.1) is 7.11 Å². The zero-order valence-electron chi connectivity index (χ0n) is 25.7. The van der Waals surface area contributed by atoms with Crippen LogP contribution in [0.4, 0.5) is 0 Å². The van der Waals surface area contributed by atoms with Crippen LogP contribution in [0, 0.1) is 0 Å². The van der Waals surface area contributed by atoms with Crippen molar-refractivity contribution in [3.63, 3.8) is 0 Å². The van der Waals surface area contributed by atoms with Gasteiger partial charge in [-0.1, -0.05) is 125 Å². The summed E-state index contributed by atoms with van der Waals surface area (Å²) in [7, 11) is -0.954. The molecule has 2 aromatic rings. The molecule has 0 bridgehead atoms. The topological polar surface area (TPSA) is 35.5 Å². The number of hydrogen-bond donors (Lipinski definition) is 0. The summed E-state index contributed by atoms with van der Waals surface area (Å²) in [5.74, 6) is -0.111. The van der Waals surface area contributed by atoms with Gasteiger partial charge in [0.25, 0.3) is 8.32 Å². The van der Waals surface area contributed by atoms with Crippen molar-refractivity contribution in [3.05, 3.63) is 85.0 Å². The highest BCUT2D eigenvalue weighted by Gasteiger charge is 2.49. The molecule has 0 unspecified atom stereocenters. The highest BCUT2D eigenvalue weighted by Crippen LogP contribution is 2.36. The number of benzene rings is 2. The fraction of sp³-hybridized carbons (Fsp3) is 0.528. The molecular weight excluding hydrogens is 508 g/mol. The number of carbonyl (C=O) groups excluding carboxylic acids is 1. The maximum atomic E-state index is 11.1. The second kappa shape index (κ2) is 19.6. The van der Waals surface area contributed by atoms with Gasteiger partial charge in [0.2, 0.25) is 0 Å². The number of ether oxygens (including phenoxy) is 1. The van der Waals surface area contributed by atoms with E-state index >= 15 is 0 Å². The van der Waals surface area contributed by atoms with E-state index in [1.54, 1.807) is 0 Å². The molecule has 0 spiro atoms. The summed E-state index contributed by atoms with van der Waals surface area (Å²) in [5, 5.41) is 2.76. The maximum Gasteiger partial charge on any atom is 0.305 e. The van der Waals surface area contributed by atoms with Gasteiger partial charge in [0.1, 0.15) is 0 Å². The van der Waals surface area contributed by atoms with Crippen LogP contribution in [0.5, 0.6) is 0 Å². The zero-order chi connectivity index (χ0) is 28.9. The Morgan fingerprint density at radius 3 is 1.52 bits per heavy atom. The van der Waals surface area contributed by atoms with Crippen LogP contribution in [-0.2, 0) is 14.0 Å². The van der Waals surface area contributed by atoms with E-state index in [4.69, 9.17) is 4.43 Å². The lowest BCUT2D eigenvalue weighted by Crippen LogP contribution is -2.66. The van der Waals surface area contributed by atoms with E-state index in [-0.39, 0.29) is 11.0 Å². The van der Waals surface area contributed by atoms with Gasteiger partial charge in [-0.3, -0.25) is 4.79 Å².